The third-order valence-electron chi connectivity index (χ3n) is 1.83. The average molecular weight is 180 g/mol. The van der Waals surface area contributed by atoms with Crippen molar-refractivity contribution in [1.82, 2.24) is 0 Å². The van der Waals surface area contributed by atoms with Gasteiger partial charge in [0.2, 0.25) is 0 Å². The molecular weight excluding hydrogens is 168 g/mol. The van der Waals surface area contributed by atoms with E-state index in [1.165, 1.54) is 0 Å². The van der Waals surface area contributed by atoms with Crippen molar-refractivity contribution >= 4 is 12.6 Å². The van der Waals surface area contributed by atoms with Gasteiger partial charge in [0.05, 0.1) is 17.5 Å². The zero-order valence-electron chi connectivity index (χ0n) is 6.08. The van der Waals surface area contributed by atoms with E-state index >= 15 is 0 Å². The number of rotatable bonds is 0. The Balaban J connectivity index is 2.63. The highest BCUT2D eigenvalue weighted by molar-refractivity contribution is 7.81. The molecular formula is C6H12O4S. The van der Waals surface area contributed by atoms with E-state index in [4.69, 9.17) is 14.9 Å². The second-order valence-electron chi connectivity index (χ2n) is 2.70. The molecule has 1 aliphatic rings. The fourth-order valence-corrected chi connectivity index (χ4v) is 1.28. The summed E-state index contributed by atoms with van der Waals surface area (Å²) >= 11 is 4.00. The highest BCUT2D eigenvalue weighted by atomic mass is 32.1. The van der Waals surface area contributed by atoms with Crippen LogP contribution >= 0.6 is 12.6 Å². The van der Waals surface area contributed by atoms with Crippen LogP contribution in [0.1, 0.15) is 6.92 Å². The summed E-state index contributed by atoms with van der Waals surface area (Å²) in [6.45, 7) is 1.68. The van der Waals surface area contributed by atoms with Crippen LogP contribution in [-0.2, 0) is 4.74 Å². The minimum absolute atomic E-state index is 0.355. The van der Waals surface area contributed by atoms with Gasteiger partial charge in [-0.3, -0.25) is 0 Å². The molecule has 0 radical (unpaired) electrons. The highest BCUT2D eigenvalue weighted by Crippen LogP contribution is 2.22. The molecule has 1 saturated heterocycles. The van der Waals surface area contributed by atoms with E-state index in [0.29, 0.717) is 0 Å². The van der Waals surface area contributed by atoms with Gasteiger partial charge in [0.25, 0.3) is 0 Å². The normalized spacial score (nSPS) is 52.6. The second kappa shape index (κ2) is 3.28. The van der Waals surface area contributed by atoms with Gasteiger partial charge in [0, 0.05) is 0 Å². The molecule has 1 rings (SSSR count). The lowest BCUT2D eigenvalue weighted by atomic mass is 10.0. The molecule has 0 spiro atoms. The molecule has 5 atom stereocenters. The Kier molecular flexibility index (Phi) is 2.77. The van der Waals surface area contributed by atoms with Gasteiger partial charge in [-0.2, -0.15) is 12.6 Å². The summed E-state index contributed by atoms with van der Waals surface area (Å²) in [5.74, 6) is 0. The van der Waals surface area contributed by atoms with Crippen LogP contribution in [0.5, 0.6) is 0 Å². The smallest absolute Gasteiger partial charge is 0.183 e. The molecule has 0 amide bonds. The summed E-state index contributed by atoms with van der Waals surface area (Å²) in [6.07, 6.45) is -3.94. The van der Waals surface area contributed by atoms with Crippen LogP contribution in [0.15, 0.2) is 0 Å². The number of ether oxygens (including phenoxy) is 1. The lowest BCUT2D eigenvalue weighted by Gasteiger charge is -2.37. The fraction of sp³-hybridized carbons (Fsp3) is 1.00. The summed E-state index contributed by atoms with van der Waals surface area (Å²) < 4.78 is 4.85. The zero-order valence-corrected chi connectivity index (χ0v) is 6.98. The molecule has 0 aromatic carbocycles. The molecule has 0 bridgehead atoms. The van der Waals surface area contributed by atoms with Crippen molar-refractivity contribution in [1.29, 1.82) is 0 Å². The Bertz CT molecular complexity index is 129. The summed E-state index contributed by atoms with van der Waals surface area (Å²) in [7, 11) is 0. The second-order valence-corrected chi connectivity index (χ2v) is 3.30. The predicted molar refractivity (Wildman–Crippen MR) is 41.3 cm³/mol. The molecule has 3 N–H and O–H groups in total. The minimum Gasteiger partial charge on any atom is -0.389 e. The molecule has 5 heteroatoms. The van der Waals surface area contributed by atoms with E-state index in [1.54, 1.807) is 6.92 Å². The van der Waals surface area contributed by atoms with Crippen LogP contribution in [-0.4, -0.2) is 45.2 Å². The van der Waals surface area contributed by atoms with Crippen molar-refractivity contribution in [2.24, 2.45) is 0 Å². The molecule has 1 fully saturated rings. The molecule has 0 saturated carbocycles. The Hall–Kier alpha value is 0.190. The summed E-state index contributed by atoms with van der Waals surface area (Å²) in [5, 5.41) is 26.8. The highest BCUT2D eigenvalue weighted by Gasteiger charge is 2.39. The summed E-state index contributed by atoms with van der Waals surface area (Å²) in [4.78, 5) is 0. The summed E-state index contributed by atoms with van der Waals surface area (Å²) in [5.41, 5.74) is 0. The van der Waals surface area contributed by atoms with Gasteiger partial charge in [0.1, 0.15) is 6.10 Å². The van der Waals surface area contributed by atoms with Crippen LogP contribution in [0.4, 0.5) is 0 Å². The predicted octanol–water partition coefficient (Wildman–Crippen LogP) is -1.26. The molecule has 0 aliphatic carbocycles. The quantitative estimate of drug-likeness (QED) is 0.351. The Labute approximate surface area is 70.2 Å². The molecule has 1 heterocycles. The van der Waals surface area contributed by atoms with E-state index < -0.39 is 23.7 Å². The summed E-state index contributed by atoms with van der Waals surface area (Å²) in [6, 6.07) is 0. The largest absolute Gasteiger partial charge is 0.389 e. The van der Waals surface area contributed by atoms with Crippen LogP contribution in [0, 0.1) is 0 Å². The number of thiol groups is 1. The monoisotopic (exact) mass is 180 g/mol. The molecule has 0 aromatic rings. The topological polar surface area (TPSA) is 69.9 Å². The van der Waals surface area contributed by atoms with Crippen molar-refractivity contribution in [3.63, 3.8) is 0 Å². The van der Waals surface area contributed by atoms with Gasteiger partial charge in [0.15, 0.2) is 6.29 Å². The van der Waals surface area contributed by atoms with Crippen molar-refractivity contribution in [3.05, 3.63) is 0 Å². The molecule has 0 aromatic heterocycles. The third-order valence-corrected chi connectivity index (χ3v) is 2.55. The van der Waals surface area contributed by atoms with E-state index in [9.17, 15) is 5.11 Å². The number of hydrogen-bond donors (Lipinski definition) is 4. The lowest BCUT2D eigenvalue weighted by Crippen LogP contribution is -2.54. The van der Waals surface area contributed by atoms with Gasteiger partial charge in [-0.05, 0) is 6.92 Å². The molecule has 4 nitrogen and oxygen atoms in total. The van der Waals surface area contributed by atoms with Gasteiger partial charge in [-0.25, -0.2) is 0 Å². The maximum Gasteiger partial charge on any atom is 0.183 e. The first-order chi connectivity index (χ1) is 5.04. The van der Waals surface area contributed by atoms with E-state index in [-0.39, 0.29) is 6.10 Å². The average Bonchev–Trinajstić information content (AvgIpc) is 1.97. The Morgan fingerprint density at radius 2 is 1.73 bits per heavy atom. The maximum atomic E-state index is 9.22. The van der Waals surface area contributed by atoms with Crippen molar-refractivity contribution in [3.8, 4) is 0 Å². The van der Waals surface area contributed by atoms with Gasteiger partial charge >= 0.3 is 0 Å². The van der Waals surface area contributed by atoms with Crippen LogP contribution in [0.2, 0.25) is 0 Å². The Morgan fingerprint density at radius 3 is 2.27 bits per heavy atom. The maximum absolute atomic E-state index is 9.22. The minimum atomic E-state index is -1.30. The zero-order chi connectivity index (χ0) is 8.59. The molecule has 1 aliphatic heterocycles. The standard InChI is InChI=1S/C6H12O4S/c1-2-5(11)3(7)4(8)6(9)10-2/h2-9,11H,1H3/t2-,3-,4-,5+,6+/m0/s1. The molecule has 0 unspecified atom stereocenters. The number of aliphatic hydroxyl groups excluding tert-OH is 3. The first-order valence-corrected chi connectivity index (χ1v) is 3.93. The van der Waals surface area contributed by atoms with Crippen LogP contribution < -0.4 is 0 Å². The van der Waals surface area contributed by atoms with Crippen LogP contribution in [0.3, 0.4) is 0 Å². The fourth-order valence-electron chi connectivity index (χ4n) is 1.03. The molecule has 11 heavy (non-hydrogen) atoms. The lowest BCUT2D eigenvalue weighted by molar-refractivity contribution is -0.239. The van der Waals surface area contributed by atoms with E-state index in [2.05, 4.69) is 12.6 Å². The van der Waals surface area contributed by atoms with Gasteiger partial charge in [-0.15, -0.1) is 0 Å². The van der Waals surface area contributed by atoms with Crippen LogP contribution in [0.25, 0.3) is 0 Å². The number of hydrogen-bond acceptors (Lipinski definition) is 5. The Morgan fingerprint density at radius 1 is 1.18 bits per heavy atom. The van der Waals surface area contributed by atoms with E-state index in [0.717, 1.165) is 0 Å². The SMILES string of the molecule is C[C@@H]1O[C@@H](O)[C@@H](O)[C@H](O)[C@@H]1S. The first-order valence-electron chi connectivity index (χ1n) is 3.41. The first kappa shape index (κ1) is 9.28. The van der Waals surface area contributed by atoms with Gasteiger partial charge < -0.3 is 20.1 Å². The van der Waals surface area contributed by atoms with E-state index in [1.807, 2.05) is 0 Å². The van der Waals surface area contributed by atoms with Crippen molar-refractivity contribution in [2.45, 2.75) is 36.8 Å². The van der Waals surface area contributed by atoms with Gasteiger partial charge in [-0.1, -0.05) is 0 Å². The van der Waals surface area contributed by atoms with Crippen molar-refractivity contribution in [2.75, 3.05) is 0 Å². The molecule has 66 valence electrons. The van der Waals surface area contributed by atoms with Crippen molar-refractivity contribution < 1.29 is 20.1 Å². The number of aliphatic hydroxyl groups is 3. The third kappa shape index (κ3) is 1.68.